The lowest BCUT2D eigenvalue weighted by molar-refractivity contribution is -0.286. The van der Waals surface area contributed by atoms with E-state index in [0.717, 1.165) is 0 Å². The van der Waals surface area contributed by atoms with Crippen LogP contribution in [0.3, 0.4) is 0 Å². The van der Waals surface area contributed by atoms with Gasteiger partial charge in [-0.15, -0.1) is 8.78 Å². The Kier molecular flexibility index (Phi) is 3.17. The highest BCUT2D eigenvalue weighted by Crippen LogP contribution is 2.44. The number of aromatic nitrogens is 1. The highest BCUT2D eigenvalue weighted by molar-refractivity contribution is 7.71. The third kappa shape index (κ3) is 2.33. The number of hydrogen-bond acceptors (Lipinski definition) is 6. The molecule has 114 valence electrons. The minimum absolute atomic E-state index is 0.0105. The van der Waals surface area contributed by atoms with Crippen LogP contribution in [0, 0.1) is 27.3 Å². The summed E-state index contributed by atoms with van der Waals surface area (Å²) in [6.07, 6.45) is -3.76. The van der Waals surface area contributed by atoms with E-state index in [1.807, 2.05) is 12.1 Å². The molecule has 0 atom stereocenters. The van der Waals surface area contributed by atoms with Gasteiger partial charge in [0.15, 0.2) is 11.5 Å². The van der Waals surface area contributed by atoms with Gasteiger partial charge < -0.3 is 20.2 Å². The summed E-state index contributed by atoms with van der Waals surface area (Å²) in [6, 6.07) is 7.66. The summed E-state index contributed by atoms with van der Waals surface area (Å²) in [5, 5.41) is 18.6. The zero-order chi connectivity index (χ0) is 16.8. The lowest BCUT2D eigenvalue weighted by atomic mass is 9.96. The number of aromatic amines is 1. The van der Waals surface area contributed by atoms with Gasteiger partial charge in [-0.05, 0) is 17.7 Å². The number of nitriles is 2. The first kappa shape index (κ1) is 14.8. The van der Waals surface area contributed by atoms with E-state index in [2.05, 4.69) is 14.5 Å². The van der Waals surface area contributed by atoms with E-state index in [0.29, 0.717) is 0 Å². The number of anilines is 1. The number of nitrogens with one attached hydrogen (secondary N) is 1. The van der Waals surface area contributed by atoms with Gasteiger partial charge in [0.25, 0.3) is 0 Å². The fraction of sp³-hybridized carbons (Fsp3) is 0.0714. The van der Waals surface area contributed by atoms with Crippen LogP contribution in [-0.2, 0) is 0 Å². The summed E-state index contributed by atoms with van der Waals surface area (Å²) in [5.41, 5.74) is 6.15. The average molecular weight is 332 g/mol. The van der Waals surface area contributed by atoms with Crippen LogP contribution in [0.15, 0.2) is 18.2 Å². The molecule has 0 saturated heterocycles. The molecule has 0 aliphatic carbocycles. The Morgan fingerprint density at radius 2 is 1.78 bits per heavy atom. The number of halogens is 2. The Morgan fingerprint density at radius 3 is 2.43 bits per heavy atom. The maximum atomic E-state index is 13.1. The van der Waals surface area contributed by atoms with Gasteiger partial charge in [0.2, 0.25) is 0 Å². The topological polar surface area (TPSA) is 108 Å². The standard InChI is InChI=1S/C14H6F2N4O2S/c15-14(16)21-9-2-1-6(3-10(9)22-14)11-7(4-17)12(19)20-13(23)8(11)5-18/h1-3H,(H3,19,20,23). The van der Waals surface area contributed by atoms with Gasteiger partial charge in [0.1, 0.15) is 28.2 Å². The van der Waals surface area contributed by atoms with Crippen LogP contribution >= 0.6 is 12.2 Å². The van der Waals surface area contributed by atoms with E-state index >= 15 is 0 Å². The molecule has 1 aliphatic rings. The van der Waals surface area contributed by atoms with Gasteiger partial charge in [-0.3, -0.25) is 0 Å². The molecule has 2 heterocycles. The Labute approximate surface area is 133 Å². The number of fused-ring (bicyclic) bond motifs is 1. The summed E-state index contributed by atoms with van der Waals surface area (Å²) >= 11 is 5.03. The van der Waals surface area contributed by atoms with E-state index < -0.39 is 6.29 Å². The predicted molar refractivity (Wildman–Crippen MR) is 77.1 cm³/mol. The van der Waals surface area contributed by atoms with E-state index in [4.69, 9.17) is 18.0 Å². The first-order chi connectivity index (χ1) is 10.9. The Balaban J connectivity index is 2.28. The number of hydrogen-bond donors (Lipinski definition) is 2. The molecule has 0 radical (unpaired) electrons. The molecule has 0 amide bonds. The third-order valence-corrected chi connectivity index (χ3v) is 3.46. The van der Waals surface area contributed by atoms with Crippen molar-refractivity contribution in [2.75, 3.05) is 5.73 Å². The molecule has 0 fully saturated rings. The van der Waals surface area contributed by atoms with Crippen LogP contribution in [-0.4, -0.2) is 11.3 Å². The van der Waals surface area contributed by atoms with Crippen molar-refractivity contribution in [3.8, 4) is 34.8 Å². The number of nitrogens with two attached hydrogens (primary N) is 1. The normalized spacial score (nSPS) is 14.1. The molecular formula is C14H6F2N4O2S. The monoisotopic (exact) mass is 332 g/mol. The van der Waals surface area contributed by atoms with E-state index in [-0.39, 0.29) is 44.2 Å². The van der Waals surface area contributed by atoms with Crippen molar-refractivity contribution in [1.82, 2.24) is 4.98 Å². The largest absolute Gasteiger partial charge is 0.586 e. The Hall–Kier alpha value is -3.17. The molecule has 1 aromatic carbocycles. The second-order valence-corrected chi connectivity index (χ2v) is 4.95. The molecule has 0 saturated carbocycles. The van der Waals surface area contributed by atoms with Crippen LogP contribution in [0.5, 0.6) is 11.5 Å². The molecule has 2 aromatic rings. The van der Waals surface area contributed by atoms with Crippen LogP contribution in [0.1, 0.15) is 11.1 Å². The number of benzene rings is 1. The van der Waals surface area contributed by atoms with Crippen molar-refractivity contribution < 1.29 is 18.3 Å². The Morgan fingerprint density at radius 1 is 1.13 bits per heavy atom. The summed E-state index contributed by atoms with van der Waals surface area (Å²) in [7, 11) is 0. The van der Waals surface area contributed by atoms with Crippen molar-refractivity contribution in [1.29, 1.82) is 10.5 Å². The molecule has 3 N–H and O–H groups in total. The number of H-pyrrole nitrogens is 1. The van der Waals surface area contributed by atoms with E-state index in [1.54, 1.807) is 0 Å². The highest BCUT2D eigenvalue weighted by Gasteiger charge is 2.43. The van der Waals surface area contributed by atoms with E-state index in [1.165, 1.54) is 18.2 Å². The van der Waals surface area contributed by atoms with Crippen molar-refractivity contribution >= 4 is 18.0 Å². The summed E-state index contributed by atoms with van der Waals surface area (Å²) in [6.45, 7) is 0. The number of ether oxygens (including phenoxy) is 2. The van der Waals surface area contributed by atoms with Gasteiger partial charge in [-0.25, -0.2) is 0 Å². The number of pyridine rings is 1. The number of alkyl halides is 2. The first-order valence-corrected chi connectivity index (χ1v) is 6.53. The van der Waals surface area contributed by atoms with Gasteiger partial charge >= 0.3 is 6.29 Å². The lowest BCUT2D eigenvalue weighted by Crippen LogP contribution is -2.25. The fourth-order valence-electron chi connectivity index (χ4n) is 2.24. The summed E-state index contributed by atoms with van der Waals surface area (Å²) in [5.74, 6) is -0.378. The van der Waals surface area contributed by atoms with Crippen LogP contribution in [0.4, 0.5) is 14.6 Å². The lowest BCUT2D eigenvalue weighted by Gasteiger charge is -2.10. The fourth-order valence-corrected chi connectivity index (χ4v) is 2.49. The van der Waals surface area contributed by atoms with Gasteiger partial charge in [-0.2, -0.15) is 10.5 Å². The van der Waals surface area contributed by atoms with Gasteiger partial charge in [0, 0.05) is 5.56 Å². The molecular weight excluding hydrogens is 326 g/mol. The second-order valence-electron chi connectivity index (χ2n) is 4.55. The van der Waals surface area contributed by atoms with Gasteiger partial charge in [-0.1, -0.05) is 18.3 Å². The quantitative estimate of drug-likeness (QED) is 0.777. The zero-order valence-corrected chi connectivity index (χ0v) is 12.0. The Bertz CT molecular complexity index is 972. The first-order valence-electron chi connectivity index (χ1n) is 6.12. The predicted octanol–water partition coefficient (Wildman–Crippen LogP) is 3.06. The van der Waals surface area contributed by atoms with Crippen molar-refractivity contribution in [2.24, 2.45) is 0 Å². The molecule has 0 unspecified atom stereocenters. The maximum Gasteiger partial charge on any atom is 0.586 e. The summed E-state index contributed by atoms with van der Waals surface area (Å²) in [4.78, 5) is 2.56. The van der Waals surface area contributed by atoms with Crippen LogP contribution in [0.25, 0.3) is 11.1 Å². The molecule has 3 rings (SSSR count). The average Bonchev–Trinajstić information content (AvgIpc) is 2.79. The van der Waals surface area contributed by atoms with Crippen molar-refractivity contribution in [2.45, 2.75) is 6.29 Å². The molecule has 23 heavy (non-hydrogen) atoms. The summed E-state index contributed by atoms with van der Waals surface area (Å²) < 4.78 is 34.9. The molecule has 9 heteroatoms. The molecule has 0 spiro atoms. The van der Waals surface area contributed by atoms with Gasteiger partial charge in [0.05, 0.1) is 5.56 Å². The van der Waals surface area contributed by atoms with Crippen LogP contribution in [0.2, 0.25) is 0 Å². The van der Waals surface area contributed by atoms with Crippen molar-refractivity contribution in [3.63, 3.8) is 0 Å². The molecule has 1 aromatic heterocycles. The molecule has 6 nitrogen and oxygen atoms in total. The minimum Gasteiger partial charge on any atom is -0.395 e. The highest BCUT2D eigenvalue weighted by atomic mass is 32.1. The number of nitrogens with zero attached hydrogens (tertiary/aromatic N) is 2. The smallest absolute Gasteiger partial charge is 0.395 e. The minimum atomic E-state index is -3.76. The second kappa shape index (κ2) is 4.93. The SMILES string of the molecule is N#Cc1c(N)[nH]c(=S)c(C#N)c1-c1ccc2c(c1)OC(F)(F)O2. The molecule has 0 bridgehead atoms. The maximum absolute atomic E-state index is 13.1. The van der Waals surface area contributed by atoms with Crippen LogP contribution < -0.4 is 15.2 Å². The number of rotatable bonds is 1. The molecule has 1 aliphatic heterocycles. The third-order valence-electron chi connectivity index (χ3n) is 3.16. The van der Waals surface area contributed by atoms with E-state index in [9.17, 15) is 19.3 Å². The number of nitrogen functional groups attached to an aromatic ring is 1. The zero-order valence-electron chi connectivity index (χ0n) is 11.2. The van der Waals surface area contributed by atoms with Crippen molar-refractivity contribution in [3.05, 3.63) is 34.0 Å².